The Labute approximate surface area is 187 Å². The summed E-state index contributed by atoms with van der Waals surface area (Å²) in [6.07, 6.45) is 4.22. The largest absolute Gasteiger partial charge is 0.382 e. The van der Waals surface area contributed by atoms with E-state index >= 15 is 0 Å². The van der Waals surface area contributed by atoms with Crippen LogP contribution in [0.15, 0.2) is 49.2 Å². The van der Waals surface area contributed by atoms with Gasteiger partial charge in [0, 0.05) is 25.1 Å². The highest BCUT2D eigenvalue weighted by Gasteiger charge is 2.42. The molecule has 5 rings (SSSR count). The van der Waals surface area contributed by atoms with Crippen LogP contribution in [0.25, 0.3) is 22.4 Å². The van der Waals surface area contributed by atoms with E-state index in [-0.39, 0.29) is 31.1 Å². The van der Waals surface area contributed by atoms with E-state index in [9.17, 15) is 13.2 Å². The minimum absolute atomic E-state index is 0.0131. The molecule has 1 aliphatic heterocycles. The van der Waals surface area contributed by atoms with Crippen molar-refractivity contribution < 1.29 is 13.2 Å². The molecule has 4 heterocycles. The number of hydrogen-bond donors (Lipinski definition) is 2. The van der Waals surface area contributed by atoms with Gasteiger partial charge in [0.1, 0.15) is 17.7 Å². The highest BCUT2D eigenvalue weighted by molar-refractivity contribution is 5.81. The molecule has 11 heteroatoms. The first kappa shape index (κ1) is 21.1. The predicted molar refractivity (Wildman–Crippen MR) is 118 cm³/mol. The first-order valence-corrected chi connectivity index (χ1v) is 10.4. The Hall–Kier alpha value is -3.73. The van der Waals surface area contributed by atoms with E-state index in [1.54, 1.807) is 29.2 Å². The van der Waals surface area contributed by atoms with Crippen molar-refractivity contribution in [2.24, 2.45) is 5.73 Å². The van der Waals surface area contributed by atoms with Gasteiger partial charge in [-0.25, -0.2) is 28.1 Å². The standard InChI is InChI=1S/C22H21F3N8/c23-15-3-1-2-13(6-15)16-7-14(9-33-12-31-19-20(27)29-11-30-21(19)33)17(8-28-16)32-5-4-22(24,25)18(26)10-32/h1-3,6-8,11-12,18H,4-5,9-10,26H2,(H2,27,29,30). The molecule has 170 valence electrons. The summed E-state index contributed by atoms with van der Waals surface area (Å²) in [7, 11) is 0. The smallest absolute Gasteiger partial charge is 0.266 e. The zero-order valence-corrected chi connectivity index (χ0v) is 17.5. The van der Waals surface area contributed by atoms with Crippen LogP contribution >= 0.6 is 0 Å². The Morgan fingerprint density at radius 1 is 1.12 bits per heavy atom. The number of halogens is 3. The molecule has 33 heavy (non-hydrogen) atoms. The Kier molecular flexibility index (Phi) is 5.12. The van der Waals surface area contributed by atoms with Crippen molar-refractivity contribution in [3.8, 4) is 11.3 Å². The van der Waals surface area contributed by atoms with Gasteiger partial charge < -0.3 is 20.9 Å². The van der Waals surface area contributed by atoms with Crippen LogP contribution in [0.2, 0.25) is 0 Å². The average Bonchev–Trinajstić information content (AvgIpc) is 3.20. The van der Waals surface area contributed by atoms with Gasteiger partial charge in [0.2, 0.25) is 0 Å². The lowest BCUT2D eigenvalue weighted by Crippen LogP contribution is -2.55. The van der Waals surface area contributed by atoms with E-state index in [0.29, 0.717) is 34.7 Å². The first-order valence-electron chi connectivity index (χ1n) is 10.4. The maximum atomic E-state index is 14.0. The number of nitrogens with two attached hydrogens (primary N) is 2. The monoisotopic (exact) mass is 454 g/mol. The van der Waals surface area contributed by atoms with Crippen molar-refractivity contribution in [1.29, 1.82) is 0 Å². The van der Waals surface area contributed by atoms with E-state index in [4.69, 9.17) is 11.5 Å². The highest BCUT2D eigenvalue weighted by Crippen LogP contribution is 2.33. The summed E-state index contributed by atoms with van der Waals surface area (Å²) in [6, 6.07) is 6.64. The Balaban J connectivity index is 1.58. The summed E-state index contributed by atoms with van der Waals surface area (Å²) in [5, 5.41) is 0. The van der Waals surface area contributed by atoms with E-state index in [1.165, 1.54) is 18.5 Å². The number of imidazole rings is 1. The van der Waals surface area contributed by atoms with E-state index in [0.717, 1.165) is 5.56 Å². The van der Waals surface area contributed by atoms with Crippen molar-refractivity contribution in [1.82, 2.24) is 24.5 Å². The number of piperidine rings is 1. The lowest BCUT2D eigenvalue weighted by atomic mass is 10.00. The second kappa shape index (κ2) is 8.00. The molecule has 0 spiro atoms. The van der Waals surface area contributed by atoms with Gasteiger partial charge in [0.15, 0.2) is 11.5 Å². The summed E-state index contributed by atoms with van der Waals surface area (Å²) in [6.45, 7) is 0.435. The minimum Gasteiger partial charge on any atom is -0.382 e. The molecule has 8 nitrogen and oxygen atoms in total. The Bertz CT molecular complexity index is 1320. The van der Waals surface area contributed by atoms with Gasteiger partial charge in [0.25, 0.3) is 5.92 Å². The molecule has 3 aromatic heterocycles. The third-order valence-electron chi connectivity index (χ3n) is 5.87. The van der Waals surface area contributed by atoms with Crippen LogP contribution in [-0.4, -0.2) is 49.6 Å². The van der Waals surface area contributed by atoms with Crippen molar-refractivity contribution >= 4 is 22.7 Å². The second-order valence-electron chi connectivity index (χ2n) is 8.08. The summed E-state index contributed by atoms with van der Waals surface area (Å²) in [5.41, 5.74) is 15.3. The lowest BCUT2D eigenvalue weighted by molar-refractivity contribution is -0.0393. The van der Waals surface area contributed by atoms with Gasteiger partial charge in [-0.3, -0.25) is 4.98 Å². The molecule has 4 aromatic rings. The highest BCUT2D eigenvalue weighted by atomic mass is 19.3. The Morgan fingerprint density at radius 3 is 2.76 bits per heavy atom. The van der Waals surface area contributed by atoms with Crippen LogP contribution in [0, 0.1) is 5.82 Å². The van der Waals surface area contributed by atoms with Crippen LogP contribution in [0.3, 0.4) is 0 Å². The molecule has 1 atom stereocenters. The van der Waals surface area contributed by atoms with E-state index in [2.05, 4.69) is 19.9 Å². The van der Waals surface area contributed by atoms with Gasteiger partial charge in [-0.2, -0.15) is 0 Å². The van der Waals surface area contributed by atoms with Gasteiger partial charge in [0.05, 0.1) is 36.5 Å². The number of nitrogen functional groups attached to an aromatic ring is 1. The second-order valence-corrected chi connectivity index (χ2v) is 8.08. The molecule has 4 N–H and O–H groups in total. The Morgan fingerprint density at radius 2 is 1.97 bits per heavy atom. The zero-order chi connectivity index (χ0) is 23.2. The van der Waals surface area contributed by atoms with Crippen molar-refractivity contribution in [3.05, 3.63) is 60.6 Å². The SMILES string of the molecule is Nc1ncnc2c1ncn2Cc1cc(-c2cccc(F)c2)ncc1N1CCC(F)(F)C(N)C1. The fourth-order valence-electron chi connectivity index (χ4n) is 4.06. The van der Waals surface area contributed by atoms with Crippen molar-refractivity contribution in [3.63, 3.8) is 0 Å². The fraction of sp³-hybridized carbons (Fsp3) is 0.273. The number of nitrogens with zero attached hydrogens (tertiary/aromatic N) is 6. The third kappa shape index (κ3) is 3.95. The molecular formula is C22H21F3N8. The molecule has 0 saturated carbocycles. The maximum Gasteiger partial charge on any atom is 0.266 e. The maximum absolute atomic E-state index is 14.0. The molecule has 0 radical (unpaired) electrons. The molecule has 0 amide bonds. The number of rotatable bonds is 4. The zero-order valence-electron chi connectivity index (χ0n) is 17.5. The van der Waals surface area contributed by atoms with Crippen LogP contribution in [0.5, 0.6) is 0 Å². The molecule has 1 aromatic carbocycles. The lowest BCUT2D eigenvalue weighted by Gasteiger charge is -2.38. The number of fused-ring (bicyclic) bond motifs is 1. The molecule has 1 unspecified atom stereocenters. The van der Waals surface area contributed by atoms with Crippen LogP contribution in [0.4, 0.5) is 24.7 Å². The van der Waals surface area contributed by atoms with Crippen molar-refractivity contribution in [2.75, 3.05) is 23.7 Å². The molecule has 0 bridgehead atoms. The van der Waals surface area contributed by atoms with Crippen molar-refractivity contribution in [2.45, 2.75) is 24.9 Å². The number of hydrogen-bond acceptors (Lipinski definition) is 7. The van der Waals surface area contributed by atoms with Gasteiger partial charge in [-0.1, -0.05) is 12.1 Å². The van der Waals surface area contributed by atoms with Gasteiger partial charge in [-0.05, 0) is 23.8 Å². The van der Waals surface area contributed by atoms with E-state index in [1.807, 2.05) is 11.0 Å². The summed E-state index contributed by atoms with van der Waals surface area (Å²) < 4.78 is 43.6. The minimum atomic E-state index is -2.92. The number of benzene rings is 1. The summed E-state index contributed by atoms with van der Waals surface area (Å²) in [4.78, 5) is 18.8. The quantitative estimate of drug-likeness (QED) is 0.488. The molecule has 1 saturated heterocycles. The third-order valence-corrected chi connectivity index (χ3v) is 5.87. The number of anilines is 2. The fourth-order valence-corrected chi connectivity index (χ4v) is 4.06. The number of aromatic nitrogens is 5. The topological polar surface area (TPSA) is 112 Å². The molecule has 1 aliphatic rings. The van der Waals surface area contributed by atoms with Crippen LogP contribution < -0.4 is 16.4 Å². The van der Waals surface area contributed by atoms with E-state index < -0.39 is 12.0 Å². The van der Waals surface area contributed by atoms with Crippen LogP contribution in [-0.2, 0) is 6.54 Å². The van der Waals surface area contributed by atoms with Crippen LogP contribution in [0.1, 0.15) is 12.0 Å². The number of pyridine rings is 1. The van der Waals surface area contributed by atoms with Gasteiger partial charge >= 0.3 is 0 Å². The normalized spacial score (nSPS) is 18.1. The summed E-state index contributed by atoms with van der Waals surface area (Å²) in [5.74, 6) is -3.03. The predicted octanol–water partition coefficient (Wildman–Crippen LogP) is 2.83. The van der Waals surface area contributed by atoms with Gasteiger partial charge in [-0.15, -0.1) is 0 Å². The first-order chi connectivity index (χ1) is 15.8. The average molecular weight is 454 g/mol. The molecule has 1 fully saturated rings. The number of alkyl halides is 2. The molecule has 0 aliphatic carbocycles. The summed E-state index contributed by atoms with van der Waals surface area (Å²) >= 11 is 0. The molecular weight excluding hydrogens is 433 g/mol.